The van der Waals surface area contributed by atoms with Crippen LogP contribution in [0.15, 0.2) is 0 Å². The number of aliphatic hydroxyl groups excluding tert-OH is 1. The van der Waals surface area contributed by atoms with Crippen molar-refractivity contribution >= 4 is 30.2 Å². The Hall–Kier alpha value is -1.38. The molecule has 0 unspecified atom stereocenters. The van der Waals surface area contributed by atoms with E-state index >= 15 is 0 Å². The Labute approximate surface area is 130 Å². The molecular weight excluding hydrogens is 302 g/mol. The van der Waals surface area contributed by atoms with Gasteiger partial charge in [-0.25, -0.2) is 0 Å². The Balaban J connectivity index is 0. The van der Waals surface area contributed by atoms with E-state index in [1.165, 1.54) is 0 Å². The van der Waals surface area contributed by atoms with Crippen molar-refractivity contribution in [1.29, 1.82) is 0 Å². The van der Waals surface area contributed by atoms with Crippen molar-refractivity contribution in [3.8, 4) is 0 Å². The lowest BCUT2D eigenvalue weighted by atomic mass is 10.1. The van der Waals surface area contributed by atoms with Crippen LogP contribution in [-0.4, -0.2) is 47.2 Å². The van der Waals surface area contributed by atoms with Gasteiger partial charge in [0.15, 0.2) is 0 Å². The minimum absolute atomic E-state index is 0. The van der Waals surface area contributed by atoms with Gasteiger partial charge in [0.2, 0.25) is 11.8 Å². The lowest BCUT2D eigenvalue weighted by molar-refractivity contribution is -0.155. The van der Waals surface area contributed by atoms with E-state index in [0.717, 1.165) is 0 Å². The van der Waals surface area contributed by atoms with E-state index < -0.39 is 42.1 Å². The Morgan fingerprint density at radius 1 is 1.29 bits per heavy atom. The first-order valence-corrected chi connectivity index (χ1v) is 6.24. The first kappa shape index (κ1) is 21.9. The van der Waals surface area contributed by atoms with E-state index in [1.54, 1.807) is 20.8 Å². The number of hydrogen-bond donors (Lipinski definition) is 4. The van der Waals surface area contributed by atoms with E-state index in [-0.39, 0.29) is 25.2 Å². The Morgan fingerprint density at radius 2 is 1.81 bits per heavy atom. The van der Waals surface area contributed by atoms with Crippen LogP contribution in [0.2, 0.25) is 0 Å². The summed E-state index contributed by atoms with van der Waals surface area (Å²) in [6, 6.07) is -2.18. The summed E-state index contributed by atoms with van der Waals surface area (Å²) >= 11 is 0. The zero-order chi connectivity index (χ0) is 15.9. The van der Waals surface area contributed by atoms with Gasteiger partial charge in [-0.05, 0) is 27.2 Å². The Kier molecular flexibility index (Phi) is 9.95. The lowest BCUT2D eigenvalue weighted by Gasteiger charge is -2.21. The van der Waals surface area contributed by atoms with Gasteiger partial charge in [0.1, 0.15) is 17.7 Å². The molecule has 124 valence electrons. The number of halogens is 1. The van der Waals surface area contributed by atoms with Crippen molar-refractivity contribution in [1.82, 2.24) is 5.32 Å². The molecule has 0 aromatic rings. The van der Waals surface area contributed by atoms with Crippen LogP contribution < -0.4 is 16.8 Å². The molecule has 0 aromatic carbocycles. The van der Waals surface area contributed by atoms with E-state index in [4.69, 9.17) is 21.3 Å². The molecule has 0 heterocycles. The second-order valence-corrected chi connectivity index (χ2v) is 5.38. The van der Waals surface area contributed by atoms with Crippen molar-refractivity contribution < 1.29 is 24.2 Å². The highest BCUT2D eigenvalue weighted by Gasteiger charge is 2.23. The van der Waals surface area contributed by atoms with Crippen LogP contribution in [0, 0.1) is 0 Å². The van der Waals surface area contributed by atoms with Crippen molar-refractivity contribution in [2.45, 2.75) is 51.3 Å². The number of carbonyl (C=O) groups is 3. The molecule has 2 atom stereocenters. The standard InChI is InChI=1S/C12H23N3O5.ClH/c1-12(2,3)20-9(17)5-4-8(10(14)18)15-11(19)7(13)6-16;/h7-8,16H,4-6,13H2,1-3H3,(H2,14,18)(H,15,19);1H/t7-,8+;/m0./s1. The first-order valence-electron chi connectivity index (χ1n) is 6.24. The summed E-state index contributed by atoms with van der Waals surface area (Å²) in [5, 5.41) is 11.0. The third-order valence-electron chi connectivity index (χ3n) is 2.25. The van der Waals surface area contributed by atoms with Crippen LogP contribution in [-0.2, 0) is 19.1 Å². The minimum atomic E-state index is -1.14. The van der Waals surface area contributed by atoms with Crippen LogP contribution in [0.3, 0.4) is 0 Å². The van der Waals surface area contributed by atoms with Crippen LogP contribution in [0.5, 0.6) is 0 Å². The minimum Gasteiger partial charge on any atom is -0.460 e. The van der Waals surface area contributed by atoms with E-state index in [0.29, 0.717) is 0 Å². The molecule has 0 saturated heterocycles. The molecule has 0 rings (SSSR count). The molecule has 0 aromatic heterocycles. The molecule has 2 amide bonds. The molecule has 0 fully saturated rings. The Bertz CT molecular complexity index is 370. The number of nitrogens with one attached hydrogen (secondary N) is 1. The molecular formula is C12H24ClN3O5. The largest absolute Gasteiger partial charge is 0.460 e. The number of aliphatic hydroxyl groups is 1. The third kappa shape index (κ3) is 10.1. The van der Waals surface area contributed by atoms with Gasteiger partial charge in [0, 0.05) is 6.42 Å². The molecule has 0 spiro atoms. The summed E-state index contributed by atoms with van der Waals surface area (Å²) in [6.45, 7) is 4.61. The molecule has 0 radical (unpaired) electrons. The quantitative estimate of drug-likeness (QED) is 0.433. The van der Waals surface area contributed by atoms with E-state index in [9.17, 15) is 14.4 Å². The van der Waals surface area contributed by atoms with E-state index in [2.05, 4.69) is 5.32 Å². The molecule has 0 aliphatic heterocycles. The summed E-state index contributed by atoms with van der Waals surface area (Å²) in [5.74, 6) is -1.99. The van der Waals surface area contributed by atoms with Gasteiger partial charge in [-0.1, -0.05) is 0 Å². The number of primary amides is 1. The number of hydrogen-bond acceptors (Lipinski definition) is 6. The number of esters is 1. The Morgan fingerprint density at radius 3 is 2.19 bits per heavy atom. The molecule has 9 heteroatoms. The predicted octanol–water partition coefficient (Wildman–Crippen LogP) is -1.18. The highest BCUT2D eigenvalue weighted by Crippen LogP contribution is 2.10. The summed E-state index contributed by atoms with van der Waals surface area (Å²) in [4.78, 5) is 34.1. The van der Waals surface area contributed by atoms with Crippen LogP contribution in [0.25, 0.3) is 0 Å². The van der Waals surface area contributed by atoms with E-state index in [1.807, 2.05) is 0 Å². The van der Waals surface area contributed by atoms with Gasteiger partial charge < -0.3 is 26.6 Å². The van der Waals surface area contributed by atoms with Crippen molar-refractivity contribution in [2.75, 3.05) is 6.61 Å². The fraction of sp³-hybridized carbons (Fsp3) is 0.750. The zero-order valence-electron chi connectivity index (χ0n) is 12.4. The van der Waals surface area contributed by atoms with Gasteiger partial charge in [-0.2, -0.15) is 0 Å². The lowest BCUT2D eigenvalue weighted by Crippen LogP contribution is -2.51. The van der Waals surface area contributed by atoms with Gasteiger partial charge in [-0.3, -0.25) is 14.4 Å². The average molecular weight is 326 g/mol. The maximum absolute atomic E-state index is 11.5. The molecule has 0 aliphatic rings. The van der Waals surface area contributed by atoms with Crippen molar-refractivity contribution in [3.63, 3.8) is 0 Å². The fourth-order valence-corrected chi connectivity index (χ4v) is 1.30. The summed E-state index contributed by atoms with van der Waals surface area (Å²) in [5.41, 5.74) is 9.81. The molecule has 0 saturated carbocycles. The molecule has 0 bridgehead atoms. The smallest absolute Gasteiger partial charge is 0.306 e. The maximum Gasteiger partial charge on any atom is 0.306 e. The van der Waals surface area contributed by atoms with Crippen LogP contribution in [0.1, 0.15) is 33.6 Å². The van der Waals surface area contributed by atoms with Crippen molar-refractivity contribution in [2.24, 2.45) is 11.5 Å². The van der Waals surface area contributed by atoms with Crippen molar-refractivity contribution in [3.05, 3.63) is 0 Å². The molecule has 0 aliphatic carbocycles. The van der Waals surface area contributed by atoms with Gasteiger partial charge in [-0.15, -0.1) is 12.4 Å². The number of rotatable bonds is 7. The molecule has 8 nitrogen and oxygen atoms in total. The van der Waals surface area contributed by atoms with Gasteiger partial charge in [0.05, 0.1) is 6.61 Å². The maximum atomic E-state index is 11.5. The predicted molar refractivity (Wildman–Crippen MR) is 78.5 cm³/mol. The number of amides is 2. The first-order chi connectivity index (χ1) is 9.06. The second-order valence-electron chi connectivity index (χ2n) is 5.38. The van der Waals surface area contributed by atoms with Crippen LogP contribution in [0.4, 0.5) is 0 Å². The van der Waals surface area contributed by atoms with Gasteiger partial charge in [0.25, 0.3) is 0 Å². The normalized spacial score (nSPS) is 13.6. The second kappa shape index (κ2) is 9.54. The highest BCUT2D eigenvalue weighted by atomic mass is 35.5. The summed E-state index contributed by atoms with van der Waals surface area (Å²) in [6.07, 6.45) is -0.0619. The highest BCUT2D eigenvalue weighted by molar-refractivity contribution is 5.89. The summed E-state index contributed by atoms with van der Waals surface area (Å²) in [7, 11) is 0. The molecule has 6 N–H and O–H groups in total. The zero-order valence-corrected chi connectivity index (χ0v) is 13.2. The van der Waals surface area contributed by atoms with Gasteiger partial charge >= 0.3 is 5.97 Å². The number of ether oxygens (including phenoxy) is 1. The average Bonchev–Trinajstić information content (AvgIpc) is 2.30. The fourth-order valence-electron chi connectivity index (χ4n) is 1.30. The summed E-state index contributed by atoms with van der Waals surface area (Å²) < 4.78 is 5.07. The monoisotopic (exact) mass is 325 g/mol. The van der Waals surface area contributed by atoms with Crippen LogP contribution >= 0.6 is 12.4 Å². The molecule has 21 heavy (non-hydrogen) atoms. The number of carbonyl (C=O) groups excluding carboxylic acids is 3. The SMILES string of the molecule is CC(C)(C)OC(=O)CC[C@@H](NC(=O)[C@@H](N)CO)C(N)=O.Cl. The third-order valence-corrected chi connectivity index (χ3v) is 2.25. The topological polar surface area (TPSA) is 145 Å². The number of nitrogens with two attached hydrogens (primary N) is 2.